The molecule has 0 aliphatic heterocycles. The van der Waals surface area contributed by atoms with Crippen molar-refractivity contribution in [2.45, 2.75) is 39.3 Å². The summed E-state index contributed by atoms with van der Waals surface area (Å²) in [5.74, 6) is 0. The number of aromatic nitrogens is 2. The van der Waals surface area contributed by atoms with E-state index in [1.807, 2.05) is 24.4 Å². The first kappa shape index (κ1) is 17.5. The molecule has 3 nitrogen and oxygen atoms in total. The molecular formula is C19H24ClN3. The maximum Gasteiger partial charge on any atom is 0.137 e. The zero-order chi connectivity index (χ0) is 15.6. The van der Waals surface area contributed by atoms with Gasteiger partial charge in [-0.15, -0.1) is 12.4 Å². The second-order valence-electron chi connectivity index (χ2n) is 6.75. The second kappa shape index (κ2) is 7.16. The summed E-state index contributed by atoms with van der Waals surface area (Å²) in [5, 5.41) is 3.46. The maximum absolute atomic E-state index is 4.59. The van der Waals surface area contributed by atoms with Crippen LogP contribution in [0.15, 0.2) is 54.9 Å². The smallest absolute Gasteiger partial charge is 0.137 e. The largest absolute Gasteiger partial charge is 0.307 e. The highest BCUT2D eigenvalue weighted by Gasteiger charge is 2.12. The lowest BCUT2D eigenvalue weighted by molar-refractivity contribution is 0.589. The van der Waals surface area contributed by atoms with Crippen LogP contribution in [0.25, 0.3) is 5.65 Å². The van der Waals surface area contributed by atoms with Gasteiger partial charge in [-0.3, -0.25) is 0 Å². The molecule has 0 aliphatic rings. The monoisotopic (exact) mass is 329 g/mol. The van der Waals surface area contributed by atoms with Gasteiger partial charge in [-0.05, 0) is 28.7 Å². The van der Waals surface area contributed by atoms with Crippen LogP contribution in [0.3, 0.4) is 0 Å². The molecule has 0 unspecified atom stereocenters. The quantitative estimate of drug-likeness (QED) is 0.771. The molecule has 0 radical (unpaired) electrons. The number of benzene rings is 1. The third-order valence-corrected chi connectivity index (χ3v) is 3.87. The van der Waals surface area contributed by atoms with Crippen molar-refractivity contribution >= 4 is 18.1 Å². The fourth-order valence-corrected chi connectivity index (χ4v) is 2.53. The minimum atomic E-state index is 0. The lowest BCUT2D eigenvalue weighted by atomic mass is 9.87. The van der Waals surface area contributed by atoms with Crippen molar-refractivity contribution in [3.8, 4) is 0 Å². The number of halogens is 1. The molecule has 0 spiro atoms. The van der Waals surface area contributed by atoms with Crippen molar-refractivity contribution in [1.29, 1.82) is 0 Å². The first-order valence-corrected chi connectivity index (χ1v) is 7.75. The molecule has 1 N–H and O–H groups in total. The Hall–Kier alpha value is -1.84. The number of fused-ring (bicyclic) bond motifs is 1. The molecule has 122 valence electrons. The Kier molecular flexibility index (Phi) is 5.45. The lowest BCUT2D eigenvalue weighted by Gasteiger charge is -2.19. The van der Waals surface area contributed by atoms with E-state index in [2.05, 4.69) is 65.9 Å². The predicted molar refractivity (Wildman–Crippen MR) is 98.1 cm³/mol. The molecule has 1 aromatic carbocycles. The predicted octanol–water partition coefficient (Wildman–Crippen LogP) is 4.34. The van der Waals surface area contributed by atoms with E-state index < -0.39 is 0 Å². The van der Waals surface area contributed by atoms with Gasteiger partial charge in [0.15, 0.2) is 0 Å². The highest BCUT2D eigenvalue weighted by Crippen LogP contribution is 2.22. The minimum Gasteiger partial charge on any atom is -0.307 e. The van der Waals surface area contributed by atoms with Crippen molar-refractivity contribution in [1.82, 2.24) is 14.7 Å². The molecule has 3 aromatic rings. The molecular weight excluding hydrogens is 306 g/mol. The van der Waals surface area contributed by atoms with Gasteiger partial charge in [0.25, 0.3) is 0 Å². The van der Waals surface area contributed by atoms with E-state index in [0.29, 0.717) is 0 Å². The van der Waals surface area contributed by atoms with Gasteiger partial charge in [-0.2, -0.15) is 0 Å². The Morgan fingerprint density at radius 2 is 1.74 bits per heavy atom. The van der Waals surface area contributed by atoms with E-state index in [0.717, 1.165) is 24.4 Å². The summed E-state index contributed by atoms with van der Waals surface area (Å²) < 4.78 is 2.05. The molecule has 0 saturated heterocycles. The molecule has 0 fully saturated rings. The van der Waals surface area contributed by atoms with Crippen molar-refractivity contribution in [2.24, 2.45) is 0 Å². The van der Waals surface area contributed by atoms with Gasteiger partial charge in [0, 0.05) is 25.5 Å². The fraction of sp³-hybridized carbons (Fsp3) is 0.316. The van der Waals surface area contributed by atoms with E-state index in [4.69, 9.17) is 0 Å². The molecule has 0 amide bonds. The van der Waals surface area contributed by atoms with Crippen LogP contribution in [-0.4, -0.2) is 9.38 Å². The van der Waals surface area contributed by atoms with Crippen molar-refractivity contribution in [3.63, 3.8) is 0 Å². The average Bonchev–Trinajstić information content (AvgIpc) is 2.89. The number of nitrogens with zero attached hydrogens (tertiary/aromatic N) is 2. The number of nitrogens with one attached hydrogen (secondary N) is 1. The molecule has 4 heteroatoms. The molecule has 2 aromatic heterocycles. The van der Waals surface area contributed by atoms with Gasteiger partial charge in [0.05, 0.1) is 5.69 Å². The Morgan fingerprint density at radius 1 is 1.00 bits per heavy atom. The highest BCUT2D eigenvalue weighted by atomic mass is 35.5. The van der Waals surface area contributed by atoms with Crippen LogP contribution >= 0.6 is 12.4 Å². The van der Waals surface area contributed by atoms with Gasteiger partial charge in [0.2, 0.25) is 0 Å². The van der Waals surface area contributed by atoms with Gasteiger partial charge < -0.3 is 9.72 Å². The zero-order valence-electron chi connectivity index (χ0n) is 13.9. The van der Waals surface area contributed by atoms with E-state index >= 15 is 0 Å². The Bertz CT molecular complexity index is 721. The highest BCUT2D eigenvalue weighted by molar-refractivity contribution is 5.85. The Labute approximate surface area is 144 Å². The van der Waals surface area contributed by atoms with Gasteiger partial charge in [-0.25, -0.2) is 4.98 Å². The van der Waals surface area contributed by atoms with E-state index in [1.54, 1.807) is 0 Å². The average molecular weight is 330 g/mol. The number of rotatable bonds is 4. The number of imidazole rings is 1. The summed E-state index contributed by atoms with van der Waals surface area (Å²) in [6.07, 6.45) is 4.10. The minimum absolute atomic E-state index is 0. The Morgan fingerprint density at radius 3 is 2.39 bits per heavy atom. The standard InChI is InChI=1S/C19H23N3.ClH/c1-19(2,3)16-9-7-15(8-10-16)12-20-13-17-14-22-11-5-4-6-18(22)21-17;/h4-11,14,20H,12-13H2,1-3H3;1H. The number of pyridine rings is 1. The summed E-state index contributed by atoms with van der Waals surface area (Å²) in [6, 6.07) is 14.9. The summed E-state index contributed by atoms with van der Waals surface area (Å²) in [5.41, 5.74) is 4.95. The van der Waals surface area contributed by atoms with Crippen molar-refractivity contribution < 1.29 is 0 Å². The van der Waals surface area contributed by atoms with Gasteiger partial charge in [0.1, 0.15) is 5.65 Å². The van der Waals surface area contributed by atoms with E-state index in [9.17, 15) is 0 Å². The normalized spacial score (nSPS) is 11.4. The van der Waals surface area contributed by atoms with Gasteiger partial charge >= 0.3 is 0 Å². The molecule has 0 atom stereocenters. The van der Waals surface area contributed by atoms with Crippen LogP contribution in [0.2, 0.25) is 0 Å². The lowest BCUT2D eigenvalue weighted by Crippen LogP contribution is -2.14. The first-order chi connectivity index (χ1) is 10.5. The van der Waals surface area contributed by atoms with Crippen LogP contribution < -0.4 is 5.32 Å². The molecule has 2 heterocycles. The van der Waals surface area contributed by atoms with Gasteiger partial charge in [-0.1, -0.05) is 51.1 Å². The SMILES string of the molecule is CC(C)(C)c1ccc(CNCc2cn3ccccc3n2)cc1.Cl. The molecule has 0 bridgehead atoms. The van der Waals surface area contributed by atoms with E-state index in [1.165, 1.54) is 11.1 Å². The maximum atomic E-state index is 4.59. The van der Waals surface area contributed by atoms with Crippen LogP contribution in [0, 0.1) is 0 Å². The third-order valence-electron chi connectivity index (χ3n) is 3.87. The summed E-state index contributed by atoms with van der Waals surface area (Å²) in [4.78, 5) is 4.59. The third kappa shape index (κ3) is 4.34. The van der Waals surface area contributed by atoms with Crippen LogP contribution in [0.1, 0.15) is 37.6 Å². The Balaban J connectivity index is 0.00000192. The van der Waals surface area contributed by atoms with Crippen LogP contribution in [0.4, 0.5) is 0 Å². The second-order valence-corrected chi connectivity index (χ2v) is 6.75. The van der Waals surface area contributed by atoms with Crippen LogP contribution in [0.5, 0.6) is 0 Å². The number of hydrogen-bond donors (Lipinski definition) is 1. The molecule has 0 aliphatic carbocycles. The summed E-state index contributed by atoms with van der Waals surface area (Å²) >= 11 is 0. The van der Waals surface area contributed by atoms with Crippen molar-refractivity contribution in [3.05, 3.63) is 71.7 Å². The zero-order valence-corrected chi connectivity index (χ0v) is 14.7. The molecule has 3 rings (SSSR count). The summed E-state index contributed by atoms with van der Waals surface area (Å²) in [7, 11) is 0. The molecule has 0 saturated carbocycles. The topological polar surface area (TPSA) is 29.3 Å². The molecule has 23 heavy (non-hydrogen) atoms. The van der Waals surface area contributed by atoms with Crippen LogP contribution in [-0.2, 0) is 18.5 Å². The first-order valence-electron chi connectivity index (χ1n) is 7.75. The fourth-order valence-electron chi connectivity index (χ4n) is 2.53. The van der Waals surface area contributed by atoms with Crippen molar-refractivity contribution in [2.75, 3.05) is 0 Å². The van der Waals surface area contributed by atoms with E-state index in [-0.39, 0.29) is 17.8 Å². The summed E-state index contributed by atoms with van der Waals surface area (Å²) in [6.45, 7) is 8.36. The number of hydrogen-bond acceptors (Lipinski definition) is 2.